The highest BCUT2D eigenvalue weighted by Crippen LogP contribution is 2.35. The third kappa shape index (κ3) is 5.55. The van der Waals surface area contributed by atoms with Crippen LogP contribution in [-0.2, 0) is 29.2 Å². The van der Waals surface area contributed by atoms with Crippen molar-refractivity contribution in [3.63, 3.8) is 0 Å². The van der Waals surface area contributed by atoms with Gasteiger partial charge in [0.05, 0.1) is 19.4 Å². The first kappa shape index (κ1) is 24.5. The van der Waals surface area contributed by atoms with Gasteiger partial charge in [-0.25, -0.2) is 4.79 Å². The largest absolute Gasteiger partial charge is 0.490 e. The van der Waals surface area contributed by atoms with Gasteiger partial charge in [0.1, 0.15) is 17.9 Å². The second-order valence-corrected chi connectivity index (χ2v) is 8.00. The van der Waals surface area contributed by atoms with E-state index in [2.05, 4.69) is 11.9 Å². The number of urea groups is 1. The van der Waals surface area contributed by atoms with Crippen LogP contribution in [0.5, 0.6) is 11.5 Å². The number of allylic oxidation sites excluding steroid dienone is 1. The lowest BCUT2D eigenvalue weighted by atomic mass is 10.0. The van der Waals surface area contributed by atoms with Crippen molar-refractivity contribution in [1.29, 1.82) is 0 Å². The normalized spacial score (nSPS) is 14.6. The molecule has 36 heavy (non-hydrogen) atoms. The third-order valence-corrected chi connectivity index (χ3v) is 5.44. The number of benzene rings is 2. The van der Waals surface area contributed by atoms with E-state index in [9.17, 15) is 14.4 Å². The molecular weight excluding hydrogens is 460 g/mol. The lowest BCUT2D eigenvalue weighted by Gasteiger charge is -2.25. The summed E-state index contributed by atoms with van der Waals surface area (Å²) in [4.78, 5) is 38.9. The van der Waals surface area contributed by atoms with Gasteiger partial charge in [0, 0.05) is 5.56 Å². The Balaban J connectivity index is 1.68. The molecule has 2 heterocycles. The molecule has 4 amide bonds. The van der Waals surface area contributed by atoms with E-state index in [-0.39, 0.29) is 12.1 Å². The second-order valence-electron chi connectivity index (χ2n) is 8.00. The Hall–Kier alpha value is -4.59. The Morgan fingerprint density at radius 3 is 2.56 bits per heavy atom. The van der Waals surface area contributed by atoms with Crippen LogP contribution in [0.4, 0.5) is 4.79 Å². The average Bonchev–Trinajstić information content (AvgIpc) is 3.38. The van der Waals surface area contributed by atoms with Crippen LogP contribution in [-0.4, -0.2) is 29.4 Å². The minimum absolute atomic E-state index is 0.0968. The Bertz CT molecular complexity index is 1300. The molecule has 0 bridgehead atoms. The summed E-state index contributed by atoms with van der Waals surface area (Å²) in [7, 11) is 0. The SMILES string of the molecule is C=CCc1cc(/C=C2\C(=O)NC(=O)N(Cc3ccco3)C2=O)cc(OCC)c1OCc1ccccc1. The first-order valence-corrected chi connectivity index (χ1v) is 11.5. The monoisotopic (exact) mass is 486 g/mol. The molecular formula is C28H26N2O6. The van der Waals surface area contributed by atoms with Crippen LogP contribution in [0.1, 0.15) is 29.4 Å². The van der Waals surface area contributed by atoms with Crippen LogP contribution >= 0.6 is 0 Å². The molecule has 0 aliphatic carbocycles. The minimum Gasteiger partial charge on any atom is -0.490 e. The molecule has 1 fully saturated rings. The standard InChI is InChI=1S/C28H26N2O6/c1-3-9-21-14-20(16-24(34-4-2)25(21)36-18-19-10-6-5-7-11-19)15-23-26(31)29-28(33)30(27(23)32)17-22-12-8-13-35-22/h3,5-8,10-16H,1,4,9,17-18H2,2H3,(H,29,31,33)/b23-15+. The van der Waals surface area contributed by atoms with Crippen molar-refractivity contribution < 1.29 is 28.3 Å². The average molecular weight is 487 g/mol. The van der Waals surface area contributed by atoms with Gasteiger partial charge in [0.2, 0.25) is 0 Å². The molecule has 184 valence electrons. The van der Waals surface area contributed by atoms with Crippen LogP contribution < -0.4 is 14.8 Å². The highest BCUT2D eigenvalue weighted by molar-refractivity contribution is 6.30. The number of carbonyl (C=O) groups excluding carboxylic acids is 3. The summed E-state index contributed by atoms with van der Waals surface area (Å²) >= 11 is 0. The van der Waals surface area contributed by atoms with Crippen LogP contribution in [0.2, 0.25) is 0 Å². The number of carbonyl (C=O) groups is 3. The molecule has 0 spiro atoms. The van der Waals surface area contributed by atoms with Gasteiger partial charge in [-0.05, 0) is 54.8 Å². The fourth-order valence-corrected chi connectivity index (χ4v) is 3.79. The molecule has 3 aromatic rings. The van der Waals surface area contributed by atoms with Crippen molar-refractivity contribution >= 4 is 23.9 Å². The summed E-state index contributed by atoms with van der Waals surface area (Å²) in [5.41, 5.74) is 2.16. The molecule has 8 heteroatoms. The summed E-state index contributed by atoms with van der Waals surface area (Å²) in [5, 5.41) is 2.22. The van der Waals surface area contributed by atoms with E-state index in [1.165, 1.54) is 12.3 Å². The number of imide groups is 2. The van der Waals surface area contributed by atoms with Crippen molar-refractivity contribution in [2.45, 2.75) is 26.5 Å². The quantitative estimate of drug-likeness (QED) is 0.255. The first-order valence-electron chi connectivity index (χ1n) is 11.5. The molecule has 0 atom stereocenters. The van der Waals surface area contributed by atoms with Crippen LogP contribution in [0, 0.1) is 0 Å². The van der Waals surface area contributed by atoms with Crippen molar-refractivity contribution in [1.82, 2.24) is 10.2 Å². The highest BCUT2D eigenvalue weighted by Gasteiger charge is 2.36. The maximum absolute atomic E-state index is 13.1. The van der Waals surface area contributed by atoms with Gasteiger partial charge in [-0.15, -0.1) is 6.58 Å². The fourth-order valence-electron chi connectivity index (χ4n) is 3.79. The zero-order chi connectivity index (χ0) is 25.5. The van der Waals surface area contributed by atoms with Gasteiger partial charge in [-0.2, -0.15) is 0 Å². The predicted octanol–water partition coefficient (Wildman–Crippen LogP) is 4.65. The molecule has 1 N–H and O–H groups in total. The van der Waals surface area contributed by atoms with Gasteiger partial charge in [0.25, 0.3) is 11.8 Å². The smallest absolute Gasteiger partial charge is 0.331 e. The lowest BCUT2D eigenvalue weighted by Crippen LogP contribution is -2.53. The Morgan fingerprint density at radius 2 is 1.86 bits per heavy atom. The van der Waals surface area contributed by atoms with Gasteiger partial charge in [0.15, 0.2) is 11.5 Å². The van der Waals surface area contributed by atoms with Gasteiger partial charge < -0.3 is 13.9 Å². The van der Waals surface area contributed by atoms with E-state index < -0.39 is 17.8 Å². The minimum atomic E-state index is -0.800. The van der Waals surface area contributed by atoms with Crippen molar-refractivity contribution in [2.24, 2.45) is 0 Å². The van der Waals surface area contributed by atoms with Crippen LogP contribution in [0.25, 0.3) is 6.08 Å². The van der Waals surface area contributed by atoms with Crippen LogP contribution in [0.3, 0.4) is 0 Å². The number of barbiturate groups is 1. The van der Waals surface area contributed by atoms with Gasteiger partial charge in [-0.3, -0.25) is 19.8 Å². The van der Waals surface area contributed by atoms with Gasteiger partial charge >= 0.3 is 6.03 Å². The summed E-state index contributed by atoms with van der Waals surface area (Å²) in [5.74, 6) is -0.0243. The molecule has 8 nitrogen and oxygen atoms in total. The Labute approximate surface area is 208 Å². The molecule has 0 unspecified atom stereocenters. The molecule has 2 aromatic carbocycles. The number of furan rings is 1. The third-order valence-electron chi connectivity index (χ3n) is 5.44. The highest BCUT2D eigenvalue weighted by atomic mass is 16.5. The maximum atomic E-state index is 13.1. The summed E-state index contributed by atoms with van der Waals surface area (Å²) in [6.45, 7) is 6.32. The number of hydrogen-bond acceptors (Lipinski definition) is 6. The van der Waals surface area contributed by atoms with E-state index in [4.69, 9.17) is 13.9 Å². The zero-order valence-corrected chi connectivity index (χ0v) is 19.9. The number of rotatable bonds is 10. The Kier molecular flexibility index (Phi) is 7.65. The molecule has 4 rings (SSSR count). The molecule has 1 aliphatic rings. The molecule has 0 saturated carbocycles. The molecule has 0 radical (unpaired) electrons. The maximum Gasteiger partial charge on any atom is 0.331 e. The van der Waals surface area contributed by atoms with E-state index in [1.807, 2.05) is 43.3 Å². The van der Waals surface area contributed by atoms with Crippen molar-refractivity contribution in [3.8, 4) is 11.5 Å². The number of amides is 4. The first-order chi connectivity index (χ1) is 17.5. The molecule has 1 aliphatic heterocycles. The lowest BCUT2D eigenvalue weighted by molar-refractivity contribution is -0.130. The number of nitrogens with one attached hydrogen (secondary N) is 1. The van der Waals surface area contributed by atoms with Crippen molar-refractivity contribution in [3.05, 3.63) is 102 Å². The van der Waals surface area contributed by atoms with E-state index >= 15 is 0 Å². The molecule has 1 aromatic heterocycles. The number of hydrogen-bond donors (Lipinski definition) is 1. The van der Waals surface area contributed by atoms with Crippen molar-refractivity contribution in [2.75, 3.05) is 6.61 Å². The fraction of sp³-hybridized carbons (Fsp3) is 0.179. The van der Waals surface area contributed by atoms with E-state index in [1.54, 1.807) is 24.3 Å². The molecule has 1 saturated heterocycles. The topological polar surface area (TPSA) is 98.1 Å². The number of ether oxygens (including phenoxy) is 2. The van der Waals surface area contributed by atoms with E-state index in [0.717, 1.165) is 16.0 Å². The number of nitrogens with zero attached hydrogens (tertiary/aromatic N) is 1. The predicted molar refractivity (Wildman–Crippen MR) is 133 cm³/mol. The second kappa shape index (κ2) is 11.2. The summed E-state index contributed by atoms with van der Waals surface area (Å²) in [6.07, 6.45) is 5.10. The van der Waals surface area contributed by atoms with E-state index in [0.29, 0.717) is 42.5 Å². The summed E-state index contributed by atoms with van der Waals surface area (Å²) in [6, 6.07) is 15.8. The van der Waals surface area contributed by atoms with Crippen LogP contribution in [0.15, 0.2) is 83.5 Å². The zero-order valence-electron chi connectivity index (χ0n) is 19.9. The van der Waals surface area contributed by atoms with Gasteiger partial charge in [-0.1, -0.05) is 36.4 Å². The Morgan fingerprint density at radius 1 is 1.06 bits per heavy atom. The summed E-state index contributed by atoms with van der Waals surface area (Å²) < 4.78 is 17.2.